The Labute approximate surface area is 906 Å². The number of hydrogen-bond donors (Lipinski definition) is 6. The standard InChI is InChI=1S/C20H25ClN2O2.C20H19F3N2O3.C18H21ClN2O2.C16H16ClNO.C15H14ClNO2.C15H16ClNO.C15H14ClNO/c1-5-24-19-7-6-8-20(25-12-11-23(3)4)17(19)14-22-16-9-10-18(21)15(2)13-16;1-12-7-8-13(11-15(12)20(21,22)23)25-18(26)14-5-4-6-16(17(14)19(25)27)28-10-9-24(2)3;1-13-12-14(8-9-16(13)19)20-18(22)15-6-4-5-7-17(15)23-11-10-21(2)3;1-11-4-3-5-16-14(11)9-18(10-19-16)13-6-7-15(17)12(2)8-13;1-9-4-3-5-13(18)14(9)15(19)17-11-6-7-12(16)10(2)8-11;1-10-4-3-5-15(18)13(10)9-17-12-6-7-14(16)11(2)8-12;1-10-5-3-4-6-13(10)15(18)17-12-7-8-14(16)11(2)9-12/h6-10,13-14H,5,11-12H2,1-4H3;4-8,11H,9-10H2,1-3H3;4-9,12H,10-11H2,1-3H3,(H,20,22);3-8H,9-10H2,1-2H3;3-8,18H,1-2H3,(H,17,19);3-8,17-18H,9H2,1-2H3;3-9H,1-2H3,(H,17,18). The Kier molecular flexibility index (Phi) is 44.4. The number of alkyl halides is 3. The number of para-hydroxylation sites is 1. The van der Waals surface area contributed by atoms with Crippen molar-refractivity contribution in [2.45, 2.75) is 102 Å². The van der Waals surface area contributed by atoms with Gasteiger partial charge in [-0.05, 0) is 369 Å². The number of ether oxygens (including phenoxy) is 5. The summed E-state index contributed by atoms with van der Waals surface area (Å²) in [5.74, 6) is 1.65. The molecule has 5 amide bonds. The lowest BCUT2D eigenvalue weighted by Gasteiger charge is -2.32. The van der Waals surface area contributed by atoms with Gasteiger partial charge in [-0.25, -0.2) is 4.90 Å². The summed E-state index contributed by atoms with van der Waals surface area (Å²) in [6.07, 6.45) is -2.79. The highest BCUT2D eigenvalue weighted by molar-refractivity contribution is 6.36. The lowest BCUT2D eigenvalue weighted by Crippen LogP contribution is -2.32. The molecule has 0 aliphatic carbocycles. The molecule has 16 rings (SSSR count). The van der Waals surface area contributed by atoms with Crippen molar-refractivity contribution in [1.82, 2.24) is 14.7 Å². The van der Waals surface area contributed by atoms with Gasteiger partial charge < -0.3 is 74.8 Å². The van der Waals surface area contributed by atoms with E-state index in [1.54, 1.807) is 98.1 Å². The summed E-state index contributed by atoms with van der Waals surface area (Å²) in [7, 11) is 11.7. The number of nitrogens with zero attached hydrogens (tertiary/aromatic N) is 6. The molecule has 2 aliphatic heterocycles. The number of rotatable bonds is 27. The number of aliphatic imine (C=N–C) groups is 1. The molecule has 0 saturated carbocycles. The van der Waals surface area contributed by atoms with Crippen LogP contribution in [0.15, 0.2) is 272 Å². The molecule has 22 nitrogen and oxygen atoms in total. The van der Waals surface area contributed by atoms with Crippen molar-refractivity contribution in [3.05, 3.63) is 408 Å². The second-order valence-corrected chi connectivity index (χ2v) is 38.7. The van der Waals surface area contributed by atoms with Gasteiger partial charge in [-0.15, -0.1) is 0 Å². The molecule has 0 radical (unpaired) electrons. The molecule has 31 heteroatoms. The van der Waals surface area contributed by atoms with E-state index in [0.717, 1.165) is 147 Å². The van der Waals surface area contributed by atoms with Gasteiger partial charge in [-0.1, -0.05) is 155 Å². The highest BCUT2D eigenvalue weighted by atomic mass is 35.5. The first kappa shape index (κ1) is 118. The van der Waals surface area contributed by atoms with Gasteiger partial charge in [-0.3, -0.25) is 29.0 Å². The van der Waals surface area contributed by atoms with E-state index >= 15 is 0 Å². The van der Waals surface area contributed by atoms with Gasteiger partial charge in [0, 0.05) is 108 Å². The van der Waals surface area contributed by atoms with Crippen LogP contribution in [0.5, 0.6) is 40.2 Å². The first-order valence-electron chi connectivity index (χ1n) is 48.1. The number of carbonyl (C=O) groups excluding carboxylic acids is 5. The van der Waals surface area contributed by atoms with Crippen LogP contribution in [0.2, 0.25) is 30.1 Å². The fraction of sp³-hybridized carbons (Fsp3) is 0.244. The SMILES string of the molecule is CCOc1cccc(OCCN(C)C)c1C=Nc1ccc(Cl)c(C)c1.Cc1cc(N2COc3cccc(C)c3C2)ccc1Cl.Cc1cc(NC(=O)c2c(C)cccc2O)ccc1Cl.Cc1cc(NC(=O)c2ccccc2C)ccc1Cl.Cc1cc(NC(=O)c2ccccc2OCCN(C)C)ccc1Cl.Cc1cc(NCc2c(C)cccc2O)ccc1Cl.Cc1ccc(N2C(=O)c3cccc(OCCN(C)C)c3C2=O)cc1C(F)(F)F. The van der Waals surface area contributed by atoms with Gasteiger partial charge in [0.05, 0.1) is 57.9 Å². The van der Waals surface area contributed by atoms with E-state index in [0.29, 0.717) is 95.3 Å². The number of aromatic hydroxyl groups is 2. The molecule has 14 aromatic rings. The van der Waals surface area contributed by atoms with Crippen LogP contribution in [-0.4, -0.2) is 156 Å². The fourth-order valence-corrected chi connectivity index (χ4v) is 15.9. The normalized spacial score (nSPS) is 11.7. The van der Waals surface area contributed by atoms with Gasteiger partial charge in [-0.2, -0.15) is 13.2 Å². The first-order valence-corrected chi connectivity index (χ1v) is 50.4. The van der Waals surface area contributed by atoms with E-state index in [2.05, 4.69) is 55.1 Å². The second kappa shape index (κ2) is 56.5. The molecule has 0 spiro atoms. The second-order valence-electron chi connectivity index (χ2n) is 36.3. The predicted molar refractivity (Wildman–Crippen MR) is 605 cm³/mol. The van der Waals surface area contributed by atoms with E-state index in [4.69, 9.17) is 93.3 Å². The smallest absolute Gasteiger partial charge is 0.416 e. The molecule has 150 heavy (non-hydrogen) atoms. The highest BCUT2D eigenvalue weighted by Gasteiger charge is 2.41. The van der Waals surface area contributed by atoms with Crippen LogP contribution in [0, 0.1) is 76.2 Å². The Morgan fingerprint density at radius 1 is 0.420 bits per heavy atom. The fourth-order valence-electron chi connectivity index (χ4n) is 15.1. The zero-order chi connectivity index (χ0) is 109. The van der Waals surface area contributed by atoms with Crippen molar-refractivity contribution in [1.29, 1.82) is 0 Å². The molecule has 0 unspecified atom stereocenters. The summed E-state index contributed by atoms with van der Waals surface area (Å²) in [6, 6.07) is 78.9. The first-order chi connectivity index (χ1) is 71.4. The van der Waals surface area contributed by atoms with Crippen LogP contribution < -0.4 is 54.8 Å². The third-order valence-corrected chi connectivity index (χ3v) is 26.3. The van der Waals surface area contributed by atoms with Gasteiger partial charge in [0.1, 0.15) is 60.1 Å². The maximum atomic E-state index is 13.2. The number of imide groups is 1. The number of benzene rings is 14. The van der Waals surface area contributed by atoms with E-state index in [9.17, 15) is 47.4 Å². The quantitative estimate of drug-likeness (QED) is 0.0207. The summed E-state index contributed by atoms with van der Waals surface area (Å²) in [5.41, 5.74) is 18.7. The maximum Gasteiger partial charge on any atom is 0.416 e. The van der Waals surface area contributed by atoms with Crippen molar-refractivity contribution in [2.75, 3.05) is 126 Å². The number of nitrogens with one attached hydrogen (secondary N) is 4. The molecule has 2 heterocycles. The predicted octanol–water partition coefficient (Wildman–Crippen LogP) is 29.0. The zero-order valence-electron chi connectivity index (χ0n) is 87.1. The van der Waals surface area contributed by atoms with Crippen LogP contribution in [0.25, 0.3) is 0 Å². The van der Waals surface area contributed by atoms with Crippen LogP contribution in [0.1, 0.15) is 142 Å². The number of aryl methyl sites for hydroxylation is 11. The minimum Gasteiger partial charge on any atom is -0.508 e. The van der Waals surface area contributed by atoms with Crippen molar-refractivity contribution < 1.29 is 71.0 Å². The van der Waals surface area contributed by atoms with E-state index in [1.807, 2.05) is 254 Å². The van der Waals surface area contributed by atoms with Gasteiger partial charge in [0.2, 0.25) is 0 Å². The molecular weight excluding hydrogens is 2030 g/mol. The molecule has 786 valence electrons. The number of halogens is 9. The number of phenols is 2. The Morgan fingerprint density at radius 3 is 1.39 bits per heavy atom. The van der Waals surface area contributed by atoms with E-state index in [1.165, 1.54) is 42.3 Å². The third-order valence-electron chi connectivity index (χ3n) is 23.7. The average molecular weight is 2160 g/mol. The number of amides is 5. The highest BCUT2D eigenvalue weighted by Crippen LogP contribution is 2.41. The summed E-state index contributed by atoms with van der Waals surface area (Å²) < 4.78 is 68.6. The lowest BCUT2D eigenvalue weighted by atomic mass is 10.1. The third kappa shape index (κ3) is 34.2. The number of carbonyl (C=O) groups is 5. The van der Waals surface area contributed by atoms with E-state index in [-0.39, 0.29) is 57.2 Å². The largest absolute Gasteiger partial charge is 0.508 e. The van der Waals surface area contributed by atoms with Gasteiger partial charge >= 0.3 is 6.18 Å². The molecule has 0 bridgehead atoms. The van der Waals surface area contributed by atoms with Gasteiger partial charge in [0.25, 0.3) is 29.5 Å². The minimum atomic E-state index is -4.58. The molecule has 0 saturated heterocycles. The number of fused-ring (bicyclic) bond motifs is 2. The van der Waals surface area contributed by atoms with Crippen molar-refractivity contribution in [2.24, 2.45) is 4.99 Å². The lowest BCUT2D eigenvalue weighted by molar-refractivity contribution is -0.138. The summed E-state index contributed by atoms with van der Waals surface area (Å²) in [6.45, 7) is 29.0. The number of likely N-dealkylation sites (N-methyl/N-ethyl adjacent to an activating group) is 3. The van der Waals surface area contributed by atoms with Crippen LogP contribution in [0.3, 0.4) is 0 Å². The van der Waals surface area contributed by atoms with Crippen LogP contribution in [-0.2, 0) is 19.3 Å². The van der Waals surface area contributed by atoms with Crippen molar-refractivity contribution in [3.63, 3.8) is 0 Å². The van der Waals surface area contributed by atoms with Crippen molar-refractivity contribution >= 4 is 145 Å². The van der Waals surface area contributed by atoms with Crippen LogP contribution in [0.4, 0.5) is 53.0 Å². The minimum absolute atomic E-state index is 0.0144. The Bertz CT molecular complexity index is 7070. The average Bonchev–Trinajstić information content (AvgIpc) is 1.60. The number of anilines is 6. The molecule has 2 aliphatic rings. The Balaban J connectivity index is 0.000000180. The molecular formula is C119H125Cl6F3N10O12. The summed E-state index contributed by atoms with van der Waals surface area (Å²) >= 11 is 36.0. The number of phenolic OH excluding ortho intramolecular Hbond substituents is 2. The summed E-state index contributed by atoms with van der Waals surface area (Å²) in [4.78, 5) is 75.9. The summed E-state index contributed by atoms with van der Waals surface area (Å²) in [5, 5.41) is 35.7. The number of hydrogen-bond acceptors (Lipinski definition) is 18. The Morgan fingerprint density at radius 2 is 0.853 bits per heavy atom. The van der Waals surface area contributed by atoms with Crippen LogP contribution >= 0.6 is 69.6 Å². The Hall–Kier alpha value is -14.1. The molecule has 0 fully saturated rings. The molecule has 14 aromatic carbocycles. The molecule has 6 N–H and O–H groups in total. The van der Waals surface area contributed by atoms with Gasteiger partial charge in [0.15, 0.2) is 6.73 Å². The van der Waals surface area contributed by atoms with Crippen molar-refractivity contribution in [3.8, 4) is 40.2 Å². The molecule has 0 atom stereocenters. The molecule has 0 aromatic heterocycles. The maximum absolute atomic E-state index is 13.2. The zero-order valence-corrected chi connectivity index (χ0v) is 91.6. The topological polar surface area (TPSA) is 249 Å². The monoisotopic (exact) mass is 2150 g/mol. The van der Waals surface area contributed by atoms with E-state index < -0.39 is 23.6 Å².